The lowest BCUT2D eigenvalue weighted by atomic mass is 10.3. The maximum Gasteiger partial charge on any atom is 0.265 e. The minimum Gasteiger partial charge on any atom is -0.395 e. The van der Waals surface area contributed by atoms with Crippen molar-refractivity contribution in [2.24, 2.45) is 0 Å². The molecule has 0 fully saturated rings. The van der Waals surface area contributed by atoms with Crippen LogP contribution in [-0.2, 0) is 0 Å². The third-order valence-electron chi connectivity index (χ3n) is 2.45. The molecular formula is C15H11ClFNO2S. The van der Waals surface area contributed by atoms with E-state index in [1.165, 1.54) is 23.5 Å². The molecule has 1 aromatic heterocycles. The molecule has 108 valence electrons. The molecule has 0 unspecified atom stereocenters. The number of halogens is 2. The zero-order valence-corrected chi connectivity index (χ0v) is 12.4. The summed E-state index contributed by atoms with van der Waals surface area (Å²) in [6.45, 7) is 0.00376. The van der Waals surface area contributed by atoms with Crippen LogP contribution in [0.1, 0.15) is 21.0 Å². The Kier molecular flexibility index (Phi) is 5.34. The average Bonchev–Trinajstić information content (AvgIpc) is 2.92. The van der Waals surface area contributed by atoms with Gasteiger partial charge < -0.3 is 10.4 Å². The van der Waals surface area contributed by atoms with Crippen LogP contribution in [0.4, 0.5) is 10.1 Å². The summed E-state index contributed by atoms with van der Waals surface area (Å²) in [7, 11) is 0. The number of aliphatic hydroxyl groups excluding tert-OH is 1. The molecule has 0 atom stereocenters. The van der Waals surface area contributed by atoms with E-state index in [0.29, 0.717) is 11.3 Å². The van der Waals surface area contributed by atoms with Crippen LogP contribution in [0.5, 0.6) is 0 Å². The van der Waals surface area contributed by atoms with E-state index in [1.807, 2.05) is 0 Å². The standard InChI is InChI=1S/C15H11ClFNO2S/c16-12-6-4-10(17)9-13(12)18-15(20)14-7-5-11(21-14)3-1-2-8-19/h4-7,9,19H,2,8H2,(H,18,20). The monoisotopic (exact) mass is 323 g/mol. The van der Waals surface area contributed by atoms with Crippen molar-refractivity contribution >= 4 is 34.5 Å². The number of carbonyl (C=O) groups excluding carboxylic acids is 1. The fourth-order valence-electron chi connectivity index (χ4n) is 1.51. The Balaban J connectivity index is 2.11. The Morgan fingerprint density at radius 2 is 2.19 bits per heavy atom. The van der Waals surface area contributed by atoms with Gasteiger partial charge in [0.2, 0.25) is 0 Å². The van der Waals surface area contributed by atoms with E-state index in [-0.39, 0.29) is 23.2 Å². The number of rotatable bonds is 3. The van der Waals surface area contributed by atoms with E-state index >= 15 is 0 Å². The van der Waals surface area contributed by atoms with Crippen LogP contribution < -0.4 is 5.32 Å². The number of carbonyl (C=O) groups is 1. The smallest absolute Gasteiger partial charge is 0.265 e. The quantitative estimate of drug-likeness (QED) is 0.849. The first-order valence-corrected chi connectivity index (χ1v) is 7.25. The molecule has 0 saturated heterocycles. The molecule has 1 amide bonds. The van der Waals surface area contributed by atoms with Crippen molar-refractivity contribution < 1.29 is 14.3 Å². The lowest BCUT2D eigenvalue weighted by Crippen LogP contribution is -2.10. The second-order valence-electron chi connectivity index (χ2n) is 4.02. The Morgan fingerprint density at radius 3 is 2.95 bits per heavy atom. The summed E-state index contributed by atoms with van der Waals surface area (Å²) in [5.74, 6) is 4.78. The average molecular weight is 324 g/mol. The second-order valence-corrected chi connectivity index (χ2v) is 5.51. The number of thiophene rings is 1. The zero-order valence-electron chi connectivity index (χ0n) is 10.8. The maximum atomic E-state index is 13.1. The summed E-state index contributed by atoms with van der Waals surface area (Å²) in [5, 5.41) is 11.5. The summed E-state index contributed by atoms with van der Waals surface area (Å²) in [5.41, 5.74) is 0.225. The number of hydrogen-bond donors (Lipinski definition) is 2. The van der Waals surface area contributed by atoms with E-state index in [2.05, 4.69) is 17.2 Å². The fourth-order valence-corrected chi connectivity index (χ4v) is 2.45. The van der Waals surface area contributed by atoms with Gasteiger partial charge in [-0.3, -0.25) is 4.79 Å². The molecule has 0 aliphatic carbocycles. The fraction of sp³-hybridized carbons (Fsp3) is 0.133. The number of hydrogen-bond acceptors (Lipinski definition) is 3. The van der Waals surface area contributed by atoms with E-state index in [9.17, 15) is 9.18 Å². The molecule has 0 radical (unpaired) electrons. The lowest BCUT2D eigenvalue weighted by molar-refractivity contribution is 0.103. The Bertz CT molecular complexity index is 718. The van der Waals surface area contributed by atoms with Gasteiger partial charge in [-0.15, -0.1) is 11.3 Å². The highest BCUT2D eigenvalue weighted by molar-refractivity contribution is 7.14. The van der Waals surface area contributed by atoms with Gasteiger partial charge in [-0.25, -0.2) is 4.39 Å². The molecule has 1 heterocycles. The number of anilines is 1. The summed E-state index contributed by atoms with van der Waals surface area (Å²) in [4.78, 5) is 13.2. The predicted octanol–water partition coefficient (Wildman–Crippen LogP) is 3.53. The van der Waals surface area contributed by atoms with Crippen molar-refractivity contribution in [3.05, 3.63) is 50.9 Å². The normalized spacial score (nSPS) is 9.86. The molecule has 2 aromatic rings. The van der Waals surface area contributed by atoms with Crippen molar-refractivity contribution in [1.29, 1.82) is 0 Å². The first kappa shape index (κ1) is 15.5. The second kappa shape index (κ2) is 7.23. The highest BCUT2D eigenvalue weighted by Crippen LogP contribution is 2.24. The lowest BCUT2D eigenvalue weighted by Gasteiger charge is -2.05. The van der Waals surface area contributed by atoms with Gasteiger partial charge in [-0.05, 0) is 30.3 Å². The summed E-state index contributed by atoms with van der Waals surface area (Å²) in [6.07, 6.45) is 0.387. The van der Waals surface area contributed by atoms with Crippen LogP contribution >= 0.6 is 22.9 Å². The van der Waals surface area contributed by atoms with Crippen LogP contribution in [-0.4, -0.2) is 17.6 Å². The molecule has 6 heteroatoms. The number of nitrogens with one attached hydrogen (secondary N) is 1. The molecular weight excluding hydrogens is 313 g/mol. The van der Waals surface area contributed by atoms with Crippen molar-refractivity contribution in [1.82, 2.24) is 0 Å². The molecule has 0 bridgehead atoms. The van der Waals surface area contributed by atoms with Crippen LogP contribution in [0.2, 0.25) is 5.02 Å². The van der Waals surface area contributed by atoms with Crippen LogP contribution in [0, 0.1) is 17.7 Å². The number of benzene rings is 1. The minimum absolute atomic E-state index is 0.00376. The molecule has 1 aromatic carbocycles. The molecule has 0 aliphatic rings. The Labute approximate surface area is 130 Å². The predicted molar refractivity (Wildman–Crippen MR) is 82.3 cm³/mol. The van der Waals surface area contributed by atoms with Crippen LogP contribution in [0.3, 0.4) is 0 Å². The van der Waals surface area contributed by atoms with Crippen molar-refractivity contribution in [3.8, 4) is 11.8 Å². The van der Waals surface area contributed by atoms with Crippen molar-refractivity contribution in [2.45, 2.75) is 6.42 Å². The largest absolute Gasteiger partial charge is 0.395 e. The minimum atomic E-state index is -0.476. The summed E-state index contributed by atoms with van der Waals surface area (Å²) in [6, 6.07) is 7.12. The maximum absolute atomic E-state index is 13.1. The van der Waals surface area contributed by atoms with E-state index in [4.69, 9.17) is 16.7 Å². The highest BCUT2D eigenvalue weighted by atomic mass is 35.5. The van der Waals surface area contributed by atoms with Crippen molar-refractivity contribution in [2.75, 3.05) is 11.9 Å². The summed E-state index contributed by atoms with van der Waals surface area (Å²) < 4.78 is 13.1. The van der Waals surface area contributed by atoms with Gasteiger partial charge in [0.05, 0.1) is 27.1 Å². The molecule has 2 rings (SSSR count). The van der Waals surface area contributed by atoms with E-state index < -0.39 is 5.82 Å². The first-order chi connectivity index (χ1) is 10.1. The summed E-state index contributed by atoms with van der Waals surface area (Å²) >= 11 is 7.11. The first-order valence-electron chi connectivity index (χ1n) is 6.06. The number of amides is 1. The van der Waals surface area contributed by atoms with Gasteiger partial charge in [-0.2, -0.15) is 0 Å². The zero-order chi connectivity index (χ0) is 15.2. The van der Waals surface area contributed by atoms with Crippen LogP contribution in [0.15, 0.2) is 30.3 Å². The number of aliphatic hydroxyl groups is 1. The molecule has 0 saturated carbocycles. The van der Waals surface area contributed by atoms with Gasteiger partial charge in [0, 0.05) is 6.42 Å². The van der Waals surface area contributed by atoms with Crippen molar-refractivity contribution in [3.63, 3.8) is 0 Å². The molecule has 0 spiro atoms. The van der Waals surface area contributed by atoms with Gasteiger partial charge >= 0.3 is 0 Å². The molecule has 2 N–H and O–H groups in total. The SMILES string of the molecule is O=C(Nc1cc(F)ccc1Cl)c1ccc(C#CCCO)s1. The Hall–Kier alpha value is -1.87. The molecule has 0 aliphatic heterocycles. The van der Waals surface area contributed by atoms with Gasteiger partial charge in [-0.1, -0.05) is 23.4 Å². The molecule has 3 nitrogen and oxygen atoms in total. The van der Waals surface area contributed by atoms with E-state index in [1.54, 1.807) is 12.1 Å². The van der Waals surface area contributed by atoms with Gasteiger partial charge in [0.25, 0.3) is 5.91 Å². The third-order valence-corrected chi connectivity index (χ3v) is 3.78. The molecule has 21 heavy (non-hydrogen) atoms. The third kappa shape index (κ3) is 4.30. The highest BCUT2D eigenvalue weighted by Gasteiger charge is 2.11. The van der Waals surface area contributed by atoms with Crippen LogP contribution in [0.25, 0.3) is 0 Å². The topological polar surface area (TPSA) is 49.3 Å². The van der Waals surface area contributed by atoms with Gasteiger partial charge in [0.1, 0.15) is 5.82 Å². The van der Waals surface area contributed by atoms with Gasteiger partial charge in [0.15, 0.2) is 0 Å². The Morgan fingerprint density at radius 1 is 1.38 bits per heavy atom. The van der Waals surface area contributed by atoms with E-state index in [0.717, 1.165) is 10.9 Å².